The molecule has 1 aliphatic carbocycles. The highest BCUT2D eigenvalue weighted by molar-refractivity contribution is 4.92. The minimum Gasteiger partial charge on any atom is -0.389 e. The van der Waals surface area contributed by atoms with Crippen molar-refractivity contribution in [2.75, 3.05) is 32.9 Å². The quantitative estimate of drug-likeness (QED) is 0.796. The predicted molar refractivity (Wildman–Crippen MR) is 68.5 cm³/mol. The summed E-state index contributed by atoms with van der Waals surface area (Å²) in [6.07, 6.45) is 6.00. The average Bonchev–Trinajstić information content (AvgIpc) is 3.00. The molecule has 18 heavy (non-hydrogen) atoms. The van der Waals surface area contributed by atoms with Crippen LogP contribution in [0, 0.1) is 5.92 Å². The summed E-state index contributed by atoms with van der Waals surface area (Å²) in [5.41, 5.74) is 0. The molecule has 2 saturated heterocycles. The Morgan fingerprint density at radius 3 is 2.72 bits per heavy atom. The molecule has 3 atom stereocenters. The average molecular weight is 255 g/mol. The van der Waals surface area contributed by atoms with E-state index >= 15 is 0 Å². The van der Waals surface area contributed by atoms with E-state index in [0.717, 1.165) is 44.6 Å². The van der Waals surface area contributed by atoms with Crippen molar-refractivity contribution in [3.05, 3.63) is 0 Å². The third-order valence-electron chi connectivity index (χ3n) is 4.66. The number of likely N-dealkylation sites (tertiary alicyclic amines) is 1. The summed E-state index contributed by atoms with van der Waals surface area (Å²) in [7, 11) is 0. The van der Waals surface area contributed by atoms with Gasteiger partial charge in [-0.2, -0.15) is 0 Å². The molecule has 4 heteroatoms. The van der Waals surface area contributed by atoms with Gasteiger partial charge < -0.3 is 14.6 Å². The molecule has 4 nitrogen and oxygen atoms in total. The van der Waals surface area contributed by atoms with Crippen molar-refractivity contribution in [3.8, 4) is 0 Å². The molecule has 3 aliphatic rings. The highest BCUT2D eigenvalue weighted by atomic mass is 16.5. The Balaban J connectivity index is 1.35. The number of hydrogen-bond donors (Lipinski definition) is 1. The van der Waals surface area contributed by atoms with E-state index < -0.39 is 0 Å². The van der Waals surface area contributed by atoms with E-state index in [2.05, 4.69) is 4.90 Å². The molecule has 104 valence electrons. The molecule has 0 aromatic carbocycles. The van der Waals surface area contributed by atoms with E-state index in [1.165, 1.54) is 25.8 Å². The summed E-state index contributed by atoms with van der Waals surface area (Å²) in [5, 5.41) is 10.1. The van der Waals surface area contributed by atoms with Gasteiger partial charge in [0, 0.05) is 32.3 Å². The topological polar surface area (TPSA) is 41.9 Å². The van der Waals surface area contributed by atoms with E-state index in [1.807, 2.05) is 0 Å². The summed E-state index contributed by atoms with van der Waals surface area (Å²) in [4.78, 5) is 2.46. The van der Waals surface area contributed by atoms with Crippen LogP contribution < -0.4 is 0 Å². The van der Waals surface area contributed by atoms with Crippen molar-refractivity contribution in [2.24, 2.45) is 5.92 Å². The predicted octanol–water partition coefficient (Wildman–Crippen LogP) is 1.03. The summed E-state index contributed by atoms with van der Waals surface area (Å²) < 4.78 is 11.1. The zero-order valence-electron chi connectivity index (χ0n) is 11.1. The number of β-amino-alcohol motifs (C(OH)–C–C–N with tert-alkyl or cyclic N) is 1. The Hall–Kier alpha value is -0.160. The molecular weight excluding hydrogens is 230 g/mol. The maximum absolute atomic E-state index is 10.1. The number of hydrogen-bond acceptors (Lipinski definition) is 4. The van der Waals surface area contributed by atoms with Gasteiger partial charge in [-0.15, -0.1) is 0 Å². The maximum Gasteiger partial charge on any atom is 0.0900 e. The fourth-order valence-corrected chi connectivity index (χ4v) is 3.66. The maximum atomic E-state index is 10.1. The number of fused-ring (bicyclic) bond motifs is 2. The lowest BCUT2D eigenvalue weighted by Crippen LogP contribution is -2.40. The van der Waals surface area contributed by atoms with Crippen molar-refractivity contribution in [2.45, 2.75) is 50.4 Å². The molecule has 3 fully saturated rings. The lowest BCUT2D eigenvalue weighted by atomic mass is 10.1. The van der Waals surface area contributed by atoms with Crippen molar-refractivity contribution in [3.63, 3.8) is 0 Å². The van der Waals surface area contributed by atoms with Gasteiger partial charge in [0.25, 0.3) is 0 Å². The highest BCUT2D eigenvalue weighted by Gasteiger charge is 2.38. The van der Waals surface area contributed by atoms with E-state index in [0.29, 0.717) is 12.7 Å². The smallest absolute Gasteiger partial charge is 0.0900 e. The molecule has 3 rings (SSSR count). The molecular formula is C14H25NO3. The molecule has 0 spiro atoms. The molecule has 2 bridgehead atoms. The van der Waals surface area contributed by atoms with Gasteiger partial charge in [-0.1, -0.05) is 0 Å². The number of piperidine rings is 1. The summed E-state index contributed by atoms with van der Waals surface area (Å²) in [6.45, 7) is 4.08. The van der Waals surface area contributed by atoms with Crippen LogP contribution in [0.3, 0.4) is 0 Å². The standard InChI is InChI=1S/C14H25NO3/c16-13(10-18-14-3-5-17-6-4-14)9-15-8-11-1-2-12(15)7-11/h11-14,16H,1-10H2. The van der Waals surface area contributed by atoms with Gasteiger partial charge in [0.05, 0.1) is 18.8 Å². The van der Waals surface area contributed by atoms with E-state index in [-0.39, 0.29) is 6.10 Å². The number of ether oxygens (including phenoxy) is 2. The van der Waals surface area contributed by atoms with Gasteiger partial charge in [0.15, 0.2) is 0 Å². The second-order valence-electron chi connectivity index (χ2n) is 6.09. The minimum atomic E-state index is -0.327. The van der Waals surface area contributed by atoms with Crippen molar-refractivity contribution in [1.29, 1.82) is 0 Å². The van der Waals surface area contributed by atoms with Gasteiger partial charge in [0.1, 0.15) is 0 Å². The minimum absolute atomic E-state index is 0.295. The first kappa shape index (κ1) is 12.9. The largest absolute Gasteiger partial charge is 0.389 e. The van der Waals surface area contributed by atoms with Gasteiger partial charge in [0.2, 0.25) is 0 Å². The first-order valence-electron chi connectivity index (χ1n) is 7.42. The summed E-state index contributed by atoms with van der Waals surface area (Å²) >= 11 is 0. The molecule has 0 aromatic rings. The second-order valence-corrected chi connectivity index (χ2v) is 6.09. The Morgan fingerprint density at radius 2 is 2.06 bits per heavy atom. The first-order valence-corrected chi connectivity index (χ1v) is 7.42. The van der Waals surface area contributed by atoms with Crippen molar-refractivity contribution < 1.29 is 14.6 Å². The molecule has 0 amide bonds. The van der Waals surface area contributed by atoms with Crippen LogP contribution in [0.1, 0.15) is 32.1 Å². The Bertz CT molecular complexity index is 268. The number of aliphatic hydroxyl groups is 1. The van der Waals surface area contributed by atoms with Crippen molar-refractivity contribution >= 4 is 0 Å². The number of nitrogens with zero attached hydrogens (tertiary/aromatic N) is 1. The molecule has 3 unspecified atom stereocenters. The van der Waals surface area contributed by atoms with Gasteiger partial charge >= 0.3 is 0 Å². The molecule has 0 aromatic heterocycles. The molecule has 1 N–H and O–H groups in total. The van der Waals surface area contributed by atoms with Gasteiger partial charge in [-0.3, -0.25) is 4.90 Å². The van der Waals surface area contributed by atoms with Crippen LogP contribution in [0.15, 0.2) is 0 Å². The third kappa shape index (κ3) is 3.05. The van der Waals surface area contributed by atoms with Crippen LogP contribution in [-0.4, -0.2) is 61.2 Å². The zero-order valence-corrected chi connectivity index (χ0v) is 11.1. The zero-order chi connectivity index (χ0) is 12.4. The molecule has 2 heterocycles. The Labute approximate surface area is 109 Å². The molecule has 1 saturated carbocycles. The number of aliphatic hydroxyl groups excluding tert-OH is 1. The SMILES string of the molecule is OC(COC1CCOCC1)CN1CC2CCC1C2. The van der Waals surface area contributed by atoms with Crippen LogP contribution >= 0.6 is 0 Å². The second kappa shape index (κ2) is 5.87. The fraction of sp³-hybridized carbons (Fsp3) is 1.00. The normalized spacial score (nSPS) is 35.2. The fourth-order valence-electron chi connectivity index (χ4n) is 3.66. The van der Waals surface area contributed by atoms with Gasteiger partial charge in [-0.25, -0.2) is 0 Å². The highest BCUT2D eigenvalue weighted by Crippen LogP contribution is 2.37. The lowest BCUT2D eigenvalue weighted by molar-refractivity contribution is -0.0653. The molecule has 2 aliphatic heterocycles. The van der Waals surface area contributed by atoms with Crippen LogP contribution in [0.4, 0.5) is 0 Å². The lowest BCUT2D eigenvalue weighted by Gasteiger charge is -2.30. The van der Waals surface area contributed by atoms with Crippen LogP contribution in [0.25, 0.3) is 0 Å². The van der Waals surface area contributed by atoms with E-state index in [9.17, 15) is 5.11 Å². The summed E-state index contributed by atoms with van der Waals surface area (Å²) in [5.74, 6) is 0.901. The van der Waals surface area contributed by atoms with Crippen LogP contribution in [0.5, 0.6) is 0 Å². The first-order chi connectivity index (χ1) is 8.81. The summed E-state index contributed by atoms with van der Waals surface area (Å²) in [6, 6.07) is 0.743. The van der Waals surface area contributed by atoms with Crippen molar-refractivity contribution in [1.82, 2.24) is 4.90 Å². The molecule has 0 radical (unpaired) electrons. The third-order valence-corrected chi connectivity index (χ3v) is 4.66. The van der Waals surface area contributed by atoms with Gasteiger partial charge in [-0.05, 0) is 38.0 Å². The Morgan fingerprint density at radius 1 is 1.22 bits per heavy atom. The number of rotatable bonds is 5. The van der Waals surface area contributed by atoms with Crippen LogP contribution in [-0.2, 0) is 9.47 Å². The van der Waals surface area contributed by atoms with E-state index in [4.69, 9.17) is 9.47 Å². The monoisotopic (exact) mass is 255 g/mol. The van der Waals surface area contributed by atoms with Crippen LogP contribution in [0.2, 0.25) is 0 Å². The van der Waals surface area contributed by atoms with E-state index in [1.54, 1.807) is 0 Å². The Kier molecular flexibility index (Phi) is 4.19.